The summed E-state index contributed by atoms with van der Waals surface area (Å²) in [6.07, 6.45) is 0. The summed E-state index contributed by atoms with van der Waals surface area (Å²) in [7, 11) is 0. The Kier molecular flexibility index (Phi) is 4.53. The van der Waals surface area contributed by atoms with Crippen LogP contribution in [0.4, 0.5) is 14.5 Å². The van der Waals surface area contributed by atoms with E-state index in [9.17, 15) is 33.6 Å². The molecule has 21 heavy (non-hydrogen) atoms. The normalized spacial score (nSPS) is 13.3. The topological polar surface area (TPSA) is 130 Å². The van der Waals surface area contributed by atoms with Crippen LogP contribution >= 0.6 is 0 Å². The lowest BCUT2D eigenvalue weighted by Crippen LogP contribution is -2.46. The predicted molar refractivity (Wildman–Crippen MR) is 63.6 cm³/mol. The Bertz CT molecular complexity index is 617. The van der Waals surface area contributed by atoms with Crippen molar-refractivity contribution in [2.75, 3.05) is 6.54 Å². The molecule has 0 fully saturated rings. The maximum absolute atomic E-state index is 13.5. The zero-order chi connectivity index (χ0) is 16.4. The number of hydrogen-bond donors (Lipinski definition) is 3. The first-order chi connectivity index (χ1) is 9.56. The molecule has 3 N–H and O–H groups in total. The van der Waals surface area contributed by atoms with E-state index in [2.05, 4.69) is 0 Å². The fourth-order valence-electron chi connectivity index (χ4n) is 1.27. The molecule has 1 unspecified atom stereocenters. The number of halogens is 2. The molecule has 0 heterocycles. The van der Waals surface area contributed by atoms with Gasteiger partial charge in [-0.15, -0.1) is 0 Å². The molecule has 0 aliphatic carbocycles. The minimum absolute atomic E-state index is 0.236. The van der Waals surface area contributed by atoms with Crippen LogP contribution < -0.4 is 5.32 Å². The van der Waals surface area contributed by atoms with Gasteiger partial charge in [-0.2, -0.15) is 4.39 Å². The molecule has 0 aliphatic heterocycles. The number of carbonyl (C=O) groups is 2. The number of nitro benzene ring substituents is 1. The van der Waals surface area contributed by atoms with Crippen molar-refractivity contribution in [1.29, 1.82) is 0 Å². The zero-order valence-electron chi connectivity index (χ0n) is 10.6. The SMILES string of the molecule is CC(O)(CNC(=O)c1cc(F)c([N+](=O)[O-])cc1F)C(=O)O. The quantitative estimate of drug-likeness (QED) is 0.534. The summed E-state index contributed by atoms with van der Waals surface area (Å²) in [6.45, 7) is 0.127. The highest BCUT2D eigenvalue weighted by atomic mass is 19.1. The summed E-state index contributed by atoms with van der Waals surface area (Å²) < 4.78 is 26.8. The van der Waals surface area contributed by atoms with Gasteiger partial charge in [-0.3, -0.25) is 14.9 Å². The molecule has 1 amide bonds. The van der Waals surface area contributed by atoms with Crippen molar-refractivity contribution in [1.82, 2.24) is 5.32 Å². The third kappa shape index (κ3) is 3.69. The van der Waals surface area contributed by atoms with Gasteiger partial charge in [-0.05, 0) is 13.0 Å². The molecule has 0 saturated heterocycles. The molecule has 0 aromatic heterocycles. The number of aliphatic carboxylic acids is 1. The average Bonchev–Trinajstić information content (AvgIpc) is 2.37. The molecule has 0 bridgehead atoms. The first-order valence-corrected chi connectivity index (χ1v) is 5.43. The first-order valence-electron chi connectivity index (χ1n) is 5.43. The third-order valence-corrected chi connectivity index (χ3v) is 2.53. The summed E-state index contributed by atoms with van der Waals surface area (Å²) in [5.41, 5.74) is -4.29. The number of rotatable bonds is 5. The van der Waals surface area contributed by atoms with Gasteiger partial charge in [0, 0.05) is 0 Å². The Balaban J connectivity index is 2.97. The fourth-order valence-corrected chi connectivity index (χ4v) is 1.27. The zero-order valence-corrected chi connectivity index (χ0v) is 10.6. The van der Waals surface area contributed by atoms with E-state index < -0.39 is 51.8 Å². The van der Waals surface area contributed by atoms with Gasteiger partial charge in [0.2, 0.25) is 5.82 Å². The van der Waals surface area contributed by atoms with Crippen LogP contribution in [0.15, 0.2) is 12.1 Å². The molecule has 1 atom stereocenters. The van der Waals surface area contributed by atoms with E-state index in [1.807, 2.05) is 5.32 Å². The smallest absolute Gasteiger partial charge is 0.337 e. The first kappa shape index (κ1) is 16.4. The monoisotopic (exact) mass is 304 g/mol. The van der Waals surface area contributed by atoms with E-state index in [0.29, 0.717) is 6.07 Å². The Morgan fingerprint density at radius 1 is 1.38 bits per heavy atom. The maximum Gasteiger partial charge on any atom is 0.337 e. The highest BCUT2D eigenvalue weighted by Gasteiger charge is 2.31. The number of carboxylic acids is 1. The van der Waals surface area contributed by atoms with Crippen LogP contribution in [0.2, 0.25) is 0 Å². The highest BCUT2D eigenvalue weighted by Crippen LogP contribution is 2.21. The lowest BCUT2D eigenvalue weighted by Gasteiger charge is -2.18. The van der Waals surface area contributed by atoms with Crippen molar-refractivity contribution in [3.63, 3.8) is 0 Å². The van der Waals surface area contributed by atoms with Crippen molar-refractivity contribution in [2.24, 2.45) is 0 Å². The number of benzene rings is 1. The molecule has 1 aromatic rings. The number of carboxylic acid groups (broad SMARTS) is 1. The van der Waals surface area contributed by atoms with E-state index >= 15 is 0 Å². The summed E-state index contributed by atoms with van der Waals surface area (Å²) in [4.78, 5) is 31.4. The second-order valence-corrected chi connectivity index (χ2v) is 4.30. The van der Waals surface area contributed by atoms with Crippen LogP contribution in [0.25, 0.3) is 0 Å². The van der Waals surface area contributed by atoms with Crippen LogP contribution in [0, 0.1) is 21.7 Å². The molecular weight excluding hydrogens is 294 g/mol. The number of nitrogens with one attached hydrogen (secondary N) is 1. The molecule has 1 rings (SSSR count). The minimum atomic E-state index is -2.30. The van der Waals surface area contributed by atoms with Gasteiger partial charge in [0.1, 0.15) is 5.82 Å². The number of aliphatic hydroxyl groups is 1. The van der Waals surface area contributed by atoms with Crippen LogP contribution in [-0.2, 0) is 4.79 Å². The minimum Gasteiger partial charge on any atom is -0.479 e. The van der Waals surface area contributed by atoms with Crippen LogP contribution in [-0.4, -0.2) is 39.2 Å². The molecular formula is C11H10F2N2O6. The molecule has 0 saturated carbocycles. The Morgan fingerprint density at radius 3 is 2.43 bits per heavy atom. The molecule has 1 aromatic carbocycles. The van der Waals surface area contributed by atoms with Crippen LogP contribution in [0.5, 0.6) is 0 Å². The van der Waals surface area contributed by atoms with Crippen LogP contribution in [0.1, 0.15) is 17.3 Å². The largest absolute Gasteiger partial charge is 0.479 e. The highest BCUT2D eigenvalue weighted by molar-refractivity contribution is 5.95. The lowest BCUT2D eigenvalue weighted by molar-refractivity contribution is -0.387. The second kappa shape index (κ2) is 5.79. The standard InChI is InChI=1S/C11H10F2N2O6/c1-11(19,10(17)18)4-14-9(16)5-2-7(13)8(15(20)21)3-6(5)12/h2-3,19H,4H2,1H3,(H,14,16)(H,17,18). The van der Waals surface area contributed by atoms with Gasteiger partial charge in [0.15, 0.2) is 5.60 Å². The van der Waals surface area contributed by atoms with Crippen molar-refractivity contribution in [3.8, 4) is 0 Å². The van der Waals surface area contributed by atoms with Gasteiger partial charge in [-0.1, -0.05) is 0 Å². The van der Waals surface area contributed by atoms with E-state index in [4.69, 9.17) is 5.11 Å². The second-order valence-electron chi connectivity index (χ2n) is 4.30. The number of nitro groups is 1. The Hall–Kier alpha value is -2.62. The summed E-state index contributed by atoms with van der Waals surface area (Å²) in [6, 6.07) is 0.553. The van der Waals surface area contributed by atoms with E-state index in [1.54, 1.807) is 0 Å². The van der Waals surface area contributed by atoms with Gasteiger partial charge in [0.05, 0.1) is 23.1 Å². The summed E-state index contributed by atoms with van der Waals surface area (Å²) in [5, 5.41) is 30.2. The fraction of sp³-hybridized carbons (Fsp3) is 0.273. The van der Waals surface area contributed by atoms with Gasteiger partial charge in [-0.25, -0.2) is 9.18 Å². The van der Waals surface area contributed by atoms with E-state index in [0.717, 1.165) is 6.92 Å². The number of hydrogen-bond acceptors (Lipinski definition) is 5. The van der Waals surface area contributed by atoms with Crippen molar-refractivity contribution in [3.05, 3.63) is 39.4 Å². The number of nitrogens with zero attached hydrogens (tertiary/aromatic N) is 1. The van der Waals surface area contributed by atoms with Crippen molar-refractivity contribution >= 4 is 17.6 Å². The number of carbonyl (C=O) groups excluding carboxylic acids is 1. The predicted octanol–water partition coefficient (Wildman–Crippen LogP) is 0.438. The molecule has 0 aliphatic rings. The number of amides is 1. The van der Waals surface area contributed by atoms with Gasteiger partial charge in [0.25, 0.3) is 5.91 Å². The molecule has 114 valence electrons. The van der Waals surface area contributed by atoms with E-state index in [-0.39, 0.29) is 6.07 Å². The molecule has 8 nitrogen and oxygen atoms in total. The average molecular weight is 304 g/mol. The molecule has 0 radical (unpaired) electrons. The van der Waals surface area contributed by atoms with Gasteiger partial charge < -0.3 is 15.5 Å². The van der Waals surface area contributed by atoms with Crippen molar-refractivity contribution < 1.29 is 33.5 Å². The maximum atomic E-state index is 13.5. The van der Waals surface area contributed by atoms with Crippen LogP contribution in [0.3, 0.4) is 0 Å². The van der Waals surface area contributed by atoms with Crippen molar-refractivity contribution in [2.45, 2.75) is 12.5 Å². The summed E-state index contributed by atoms with van der Waals surface area (Å²) >= 11 is 0. The van der Waals surface area contributed by atoms with E-state index in [1.165, 1.54) is 0 Å². The third-order valence-electron chi connectivity index (χ3n) is 2.53. The molecule has 0 spiro atoms. The Morgan fingerprint density at radius 2 is 1.95 bits per heavy atom. The summed E-state index contributed by atoms with van der Waals surface area (Å²) in [5.74, 6) is -5.62. The lowest BCUT2D eigenvalue weighted by atomic mass is 10.1. The van der Waals surface area contributed by atoms with Gasteiger partial charge >= 0.3 is 11.7 Å². The molecule has 10 heteroatoms. The Labute approximate surface area is 116 Å².